The summed E-state index contributed by atoms with van der Waals surface area (Å²) in [7, 11) is -3.82. The summed E-state index contributed by atoms with van der Waals surface area (Å²) < 4.78 is 26.9. The average Bonchev–Trinajstić information content (AvgIpc) is 2.76. The van der Waals surface area contributed by atoms with Gasteiger partial charge >= 0.3 is 0 Å². The van der Waals surface area contributed by atoms with E-state index in [0.29, 0.717) is 6.54 Å². The van der Waals surface area contributed by atoms with Gasteiger partial charge in [0, 0.05) is 17.6 Å². The molecule has 0 saturated heterocycles. The number of unbranched alkanes of at least 4 members (excludes halogenated alkanes) is 1. The second kappa shape index (κ2) is 12.4. The summed E-state index contributed by atoms with van der Waals surface area (Å²) in [6.45, 7) is 3.83. The van der Waals surface area contributed by atoms with Crippen molar-refractivity contribution in [2.75, 3.05) is 23.7 Å². The van der Waals surface area contributed by atoms with Gasteiger partial charge in [0.2, 0.25) is 21.8 Å². The summed E-state index contributed by atoms with van der Waals surface area (Å²) in [5.41, 5.74) is 1.02. The van der Waals surface area contributed by atoms with E-state index in [0.717, 1.165) is 33.4 Å². The Labute approximate surface area is 209 Å². The lowest BCUT2D eigenvalue weighted by atomic mass is 10.1. The number of amides is 2. The van der Waals surface area contributed by atoms with Gasteiger partial charge in [0.25, 0.3) is 0 Å². The van der Waals surface area contributed by atoms with Crippen LogP contribution in [0.3, 0.4) is 0 Å². The third-order valence-electron chi connectivity index (χ3n) is 5.06. The smallest absolute Gasteiger partial charge is 0.244 e. The number of para-hydroxylation sites is 1. The van der Waals surface area contributed by atoms with E-state index in [4.69, 9.17) is 11.6 Å². The highest BCUT2D eigenvalue weighted by molar-refractivity contribution is 9.10. The molecule has 180 valence electrons. The van der Waals surface area contributed by atoms with Crippen LogP contribution in [0.15, 0.2) is 53.0 Å². The number of carbonyl (C=O) groups is 2. The van der Waals surface area contributed by atoms with Crippen LogP contribution in [0.25, 0.3) is 0 Å². The molecule has 0 spiro atoms. The SMILES string of the molecule is CCCCNC(=O)C(C)N(Cc1ccc(Br)cc1)C(=O)CN(c1ccccc1Cl)S(C)(=O)=O. The van der Waals surface area contributed by atoms with Gasteiger partial charge in [0.15, 0.2) is 0 Å². The number of anilines is 1. The van der Waals surface area contributed by atoms with Crippen LogP contribution in [0.4, 0.5) is 5.69 Å². The number of hydrogen-bond donors (Lipinski definition) is 1. The van der Waals surface area contributed by atoms with Crippen molar-refractivity contribution < 1.29 is 18.0 Å². The number of carbonyl (C=O) groups excluding carboxylic acids is 2. The summed E-state index contributed by atoms with van der Waals surface area (Å²) in [4.78, 5) is 27.6. The molecule has 2 amide bonds. The molecule has 0 aliphatic heterocycles. The number of sulfonamides is 1. The molecule has 7 nitrogen and oxygen atoms in total. The first kappa shape index (κ1) is 27.1. The third-order valence-corrected chi connectivity index (χ3v) is 7.04. The van der Waals surface area contributed by atoms with Crippen LogP contribution >= 0.6 is 27.5 Å². The number of benzene rings is 2. The minimum atomic E-state index is -3.82. The predicted molar refractivity (Wildman–Crippen MR) is 136 cm³/mol. The highest BCUT2D eigenvalue weighted by Crippen LogP contribution is 2.27. The minimum absolute atomic E-state index is 0.147. The summed E-state index contributed by atoms with van der Waals surface area (Å²) in [6, 6.07) is 13.0. The van der Waals surface area contributed by atoms with Crippen molar-refractivity contribution in [1.82, 2.24) is 10.2 Å². The average molecular weight is 559 g/mol. The number of rotatable bonds is 11. The van der Waals surface area contributed by atoms with Gasteiger partial charge in [-0.2, -0.15) is 0 Å². The van der Waals surface area contributed by atoms with Crippen molar-refractivity contribution in [2.45, 2.75) is 39.3 Å². The van der Waals surface area contributed by atoms with Crippen LogP contribution in [0.2, 0.25) is 5.02 Å². The lowest BCUT2D eigenvalue weighted by Gasteiger charge is -2.31. The minimum Gasteiger partial charge on any atom is -0.354 e. The highest BCUT2D eigenvalue weighted by Gasteiger charge is 2.30. The Morgan fingerprint density at radius 2 is 1.76 bits per heavy atom. The number of halogens is 2. The molecule has 0 fully saturated rings. The van der Waals surface area contributed by atoms with E-state index in [2.05, 4.69) is 21.2 Å². The number of nitrogens with zero attached hydrogens (tertiary/aromatic N) is 2. The predicted octanol–water partition coefficient (Wildman–Crippen LogP) is 4.20. The maximum absolute atomic E-state index is 13.4. The van der Waals surface area contributed by atoms with Gasteiger partial charge in [0.05, 0.1) is 17.0 Å². The molecule has 10 heteroatoms. The fourth-order valence-corrected chi connectivity index (χ4v) is 4.57. The van der Waals surface area contributed by atoms with Crippen LogP contribution in [0.5, 0.6) is 0 Å². The highest BCUT2D eigenvalue weighted by atomic mass is 79.9. The molecule has 1 atom stereocenters. The normalized spacial score (nSPS) is 12.2. The first-order valence-corrected chi connectivity index (χ1v) is 13.6. The Kier molecular flexibility index (Phi) is 10.2. The molecule has 2 rings (SSSR count). The van der Waals surface area contributed by atoms with Gasteiger partial charge in [0.1, 0.15) is 12.6 Å². The second-order valence-corrected chi connectivity index (χ2v) is 10.9. The molecule has 0 aromatic heterocycles. The Hall–Kier alpha value is -2.10. The Morgan fingerprint density at radius 1 is 1.12 bits per heavy atom. The first-order valence-electron chi connectivity index (χ1n) is 10.6. The van der Waals surface area contributed by atoms with Gasteiger partial charge in [-0.1, -0.05) is 65.1 Å². The molecule has 1 N–H and O–H groups in total. The van der Waals surface area contributed by atoms with Gasteiger partial charge in [-0.25, -0.2) is 8.42 Å². The zero-order valence-corrected chi connectivity index (χ0v) is 22.1. The summed E-state index contributed by atoms with van der Waals surface area (Å²) in [5.74, 6) is -0.807. The zero-order valence-electron chi connectivity index (χ0n) is 18.9. The largest absolute Gasteiger partial charge is 0.354 e. The van der Waals surface area contributed by atoms with E-state index in [1.54, 1.807) is 25.1 Å². The van der Waals surface area contributed by atoms with Crippen molar-refractivity contribution in [1.29, 1.82) is 0 Å². The topological polar surface area (TPSA) is 86.8 Å². The van der Waals surface area contributed by atoms with Gasteiger partial charge in [-0.05, 0) is 43.2 Å². The van der Waals surface area contributed by atoms with Crippen molar-refractivity contribution in [3.63, 3.8) is 0 Å². The van der Waals surface area contributed by atoms with Crippen LogP contribution in [0, 0.1) is 0 Å². The lowest BCUT2D eigenvalue weighted by Crippen LogP contribution is -2.51. The van der Waals surface area contributed by atoms with Crippen molar-refractivity contribution in [3.8, 4) is 0 Å². The van der Waals surface area contributed by atoms with Crippen molar-refractivity contribution in [3.05, 3.63) is 63.6 Å². The Bertz CT molecular complexity index is 1060. The second-order valence-electron chi connectivity index (χ2n) is 7.69. The first-order chi connectivity index (χ1) is 15.5. The van der Waals surface area contributed by atoms with Crippen LogP contribution < -0.4 is 9.62 Å². The van der Waals surface area contributed by atoms with E-state index < -0.39 is 28.5 Å². The van der Waals surface area contributed by atoms with Crippen LogP contribution in [-0.2, 0) is 26.2 Å². The molecule has 33 heavy (non-hydrogen) atoms. The van der Waals surface area contributed by atoms with Gasteiger partial charge < -0.3 is 10.2 Å². The molecule has 2 aromatic carbocycles. The molecule has 0 aliphatic carbocycles. The standard InChI is InChI=1S/C23H29BrClN3O4S/c1-4-5-14-26-23(30)17(2)27(15-18-10-12-19(24)13-11-18)22(29)16-28(33(3,31)32)21-9-7-6-8-20(21)25/h6-13,17H,4-5,14-16H2,1-3H3,(H,26,30). The van der Waals surface area contributed by atoms with E-state index in [9.17, 15) is 18.0 Å². The molecule has 0 radical (unpaired) electrons. The van der Waals surface area contributed by atoms with Crippen LogP contribution in [0.1, 0.15) is 32.3 Å². The van der Waals surface area contributed by atoms with E-state index >= 15 is 0 Å². The summed E-state index contributed by atoms with van der Waals surface area (Å²) >= 11 is 9.60. The Morgan fingerprint density at radius 3 is 2.33 bits per heavy atom. The van der Waals surface area contributed by atoms with Crippen LogP contribution in [-0.4, -0.2) is 50.5 Å². The maximum Gasteiger partial charge on any atom is 0.244 e. The Balaban J connectivity index is 2.34. The summed E-state index contributed by atoms with van der Waals surface area (Å²) in [5, 5.41) is 3.05. The fourth-order valence-electron chi connectivity index (χ4n) is 3.15. The number of nitrogens with one attached hydrogen (secondary N) is 1. The molecular weight excluding hydrogens is 530 g/mol. The molecule has 0 bridgehead atoms. The lowest BCUT2D eigenvalue weighted by molar-refractivity contribution is -0.139. The monoisotopic (exact) mass is 557 g/mol. The number of hydrogen-bond acceptors (Lipinski definition) is 4. The fraction of sp³-hybridized carbons (Fsp3) is 0.391. The molecule has 2 aromatic rings. The summed E-state index contributed by atoms with van der Waals surface area (Å²) in [6.07, 6.45) is 2.77. The molecule has 0 heterocycles. The van der Waals surface area contributed by atoms with Gasteiger partial charge in [-0.15, -0.1) is 0 Å². The van der Waals surface area contributed by atoms with E-state index in [-0.39, 0.29) is 23.2 Å². The molecule has 1 unspecified atom stereocenters. The van der Waals surface area contributed by atoms with Crippen molar-refractivity contribution >= 4 is 55.1 Å². The maximum atomic E-state index is 13.4. The quantitative estimate of drug-likeness (QED) is 0.419. The third kappa shape index (κ3) is 8.01. The zero-order chi connectivity index (χ0) is 24.6. The molecule has 0 aliphatic rings. The molecule has 0 saturated carbocycles. The van der Waals surface area contributed by atoms with Crippen molar-refractivity contribution in [2.24, 2.45) is 0 Å². The van der Waals surface area contributed by atoms with E-state index in [1.807, 2.05) is 31.2 Å². The van der Waals surface area contributed by atoms with E-state index in [1.165, 1.54) is 11.0 Å². The molecular formula is C23H29BrClN3O4S. The van der Waals surface area contributed by atoms with Gasteiger partial charge in [-0.3, -0.25) is 13.9 Å².